The maximum atomic E-state index is 13.7. The van der Waals surface area contributed by atoms with Crippen LogP contribution in [0, 0.1) is 0 Å². The second-order valence-corrected chi connectivity index (χ2v) is 10.8. The molecule has 4 rings (SSSR count). The van der Waals surface area contributed by atoms with E-state index in [9.17, 15) is 37.0 Å². The van der Waals surface area contributed by atoms with E-state index in [0.29, 0.717) is 12.5 Å². The topological polar surface area (TPSA) is 164 Å². The van der Waals surface area contributed by atoms with Gasteiger partial charge in [0.1, 0.15) is 16.4 Å². The number of aromatic nitrogens is 3. The van der Waals surface area contributed by atoms with E-state index in [-0.39, 0.29) is 40.1 Å². The van der Waals surface area contributed by atoms with Crippen molar-refractivity contribution in [3.63, 3.8) is 0 Å². The minimum atomic E-state index is -4.17. The average Bonchev–Trinajstić information content (AvgIpc) is 2.75. The lowest BCUT2D eigenvalue weighted by molar-refractivity contribution is 0.0711. The number of nitrogens with one attached hydrogen (secondary N) is 2. The number of H-pyrrole nitrogens is 1. The average molecular weight is 577 g/mol. The minimum absolute atomic E-state index is 0.0874. The Hall–Kier alpha value is -2.98. The number of aromatic amines is 1. The fraction of sp³-hybridized carbons (Fsp3) is 0.250. The van der Waals surface area contributed by atoms with Crippen LogP contribution in [0.3, 0.4) is 0 Å². The standard InChI is InChI=1S/C20H17BCl2F2N4O7S/c21-20(24,25)17-18(32)26-19(33)29(27-17)9-5-12(22)16(13(23)6-9)36-11-1-2-14(31)15(7-11)37(34,35)28-8-3-10(30)4-8/h1-2,5-8,10,28,30-31H,3-4,21H2,(H,26,32,33)/t8-,10+. The number of sulfonamides is 1. The van der Waals surface area contributed by atoms with Crippen LogP contribution in [0.2, 0.25) is 10.0 Å². The fourth-order valence-electron chi connectivity index (χ4n) is 3.49. The Kier molecular flexibility index (Phi) is 7.11. The van der Waals surface area contributed by atoms with Crippen LogP contribution in [0.4, 0.5) is 8.78 Å². The van der Waals surface area contributed by atoms with Crippen LogP contribution in [-0.2, 0) is 15.8 Å². The fourth-order valence-corrected chi connectivity index (χ4v) is 5.41. The van der Waals surface area contributed by atoms with Gasteiger partial charge in [-0.05, 0) is 37.1 Å². The van der Waals surface area contributed by atoms with Crippen LogP contribution < -0.4 is 20.7 Å². The second kappa shape index (κ2) is 9.72. The molecule has 0 aliphatic heterocycles. The number of phenolic OH excluding ortho intramolecular Hbond substituents is 1. The van der Waals surface area contributed by atoms with E-state index in [2.05, 4.69) is 9.82 Å². The van der Waals surface area contributed by atoms with Crippen LogP contribution >= 0.6 is 23.2 Å². The summed E-state index contributed by atoms with van der Waals surface area (Å²) in [6, 6.07) is 5.07. The number of alkyl halides is 2. The Morgan fingerprint density at radius 3 is 2.38 bits per heavy atom. The molecule has 0 radical (unpaired) electrons. The first-order chi connectivity index (χ1) is 17.2. The van der Waals surface area contributed by atoms with Gasteiger partial charge in [-0.15, -0.1) is 0 Å². The van der Waals surface area contributed by atoms with E-state index >= 15 is 0 Å². The van der Waals surface area contributed by atoms with Gasteiger partial charge in [0.2, 0.25) is 17.9 Å². The van der Waals surface area contributed by atoms with Gasteiger partial charge >= 0.3 is 5.69 Å². The Balaban J connectivity index is 1.67. The summed E-state index contributed by atoms with van der Waals surface area (Å²) in [6.07, 6.45) is -0.132. The molecule has 0 amide bonds. The highest BCUT2D eigenvalue weighted by Gasteiger charge is 2.33. The molecule has 1 heterocycles. The van der Waals surface area contributed by atoms with Crippen molar-refractivity contribution in [2.75, 3.05) is 0 Å². The van der Waals surface area contributed by atoms with Crippen molar-refractivity contribution in [3.8, 4) is 22.9 Å². The molecular formula is C20H17BCl2F2N4O7S. The first-order valence-corrected chi connectivity index (χ1v) is 12.7. The van der Waals surface area contributed by atoms with Crippen LogP contribution in [0.5, 0.6) is 17.2 Å². The molecule has 17 heteroatoms. The number of aliphatic hydroxyl groups is 1. The zero-order valence-electron chi connectivity index (χ0n) is 18.7. The first-order valence-electron chi connectivity index (χ1n) is 10.5. The molecule has 1 aromatic heterocycles. The Morgan fingerprint density at radius 1 is 1.19 bits per heavy atom. The van der Waals surface area contributed by atoms with E-state index < -0.39 is 55.6 Å². The monoisotopic (exact) mass is 576 g/mol. The summed E-state index contributed by atoms with van der Waals surface area (Å²) in [6.45, 7) is 0. The van der Waals surface area contributed by atoms with Crippen molar-refractivity contribution >= 4 is 41.1 Å². The van der Waals surface area contributed by atoms with Gasteiger partial charge in [-0.1, -0.05) is 23.2 Å². The molecule has 0 unspecified atom stereocenters. The molecule has 0 saturated heterocycles. The summed E-state index contributed by atoms with van der Waals surface area (Å²) >= 11 is 12.5. The summed E-state index contributed by atoms with van der Waals surface area (Å²) in [4.78, 5) is 25.2. The Labute approximate surface area is 218 Å². The van der Waals surface area contributed by atoms with E-state index in [1.54, 1.807) is 4.98 Å². The highest BCUT2D eigenvalue weighted by atomic mass is 35.5. The molecule has 0 bridgehead atoms. The van der Waals surface area contributed by atoms with Gasteiger partial charge in [-0.2, -0.15) is 9.78 Å². The molecule has 1 aliphatic carbocycles. The largest absolute Gasteiger partial charge is 0.507 e. The zero-order chi connectivity index (χ0) is 27.3. The molecule has 1 fully saturated rings. The smallest absolute Gasteiger partial charge is 0.349 e. The molecule has 3 aromatic rings. The summed E-state index contributed by atoms with van der Waals surface area (Å²) < 4.78 is 61.3. The number of hydrogen-bond acceptors (Lipinski definition) is 8. The van der Waals surface area contributed by atoms with Crippen molar-refractivity contribution in [3.05, 3.63) is 66.9 Å². The number of halogens is 4. The maximum absolute atomic E-state index is 13.7. The van der Waals surface area contributed by atoms with Crippen LogP contribution in [-0.4, -0.2) is 53.4 Å². The quantitative estimate of drug-likeness (QED) is 0.305. The van der Waals surface area contributed by atoms with Crippen LogP contribution in [0.15, 0.2) is 44.8 Å². The van der Waals surface area contributed by atoms with Gasteiger partial charge in [0.15, 0.2) is 11.4 Å². The lowest BCUT2D eigenvalue weighted by atomic mass is 9.91. The molecule has 2 aromatic carbocycles. The van der Waals surface area contributed by atoms with Crippen molar-refractivity contribution in [2.24, 2.45) is 0 Å². The molecule has 0 spiro atoms. The van der Waals surface area contributed by atoms with Crippen molar-refractivity contribution < 1.29 is 32.1 Å². The van der Waals surface area contributed by atoms with Crippen LogP contribution in [0.1, 0.15) is 18.5 Å². The highest BCUT2D eigenvalue weighted by Crippen LogP contribution is 2.39. The summed E-state index contributed by atoms with van der Waals surface area (Å²) in [5, 5.41) is 22.5. The number of aliphatic hydroxyl groups excluding tert-OH is 1. The van der Waals surface area contributed by atoms with E-state index in [1.807, 2.05) is 0 Å². The third kappa shape index (κ3) is 5.65. The van der Waals surface area contributed by atoms with Crippen molar-refractivity contribution in [2.45, 2.75) is 35.7 Å². The van der Waals surface area contributed by atoms with Crippen LogP contribution in [0.25, 0.3) is 5.69 Å². The maximum Gasteiger partial charge on any atom is 0.349 e. The van der Waals surface area contributed by atoms with E-state index in [4.69, 9.17) is 27.9 Å². The number of hydrogen-bond donors (Lipinski definition) is 4. The SMILES string of the molecule is BC(F)(F)c1nn(-c2cc(Cl)c(Oc3ccc(O)c(S(=O)(=O)N[C@H]4C[C@@H](O)C4)c3)c(Cl)c2)c(=O)[nH]c1=O. The molecule has 1 saturated carbocycles. The van der Waals surface area contributed by atoms with Crippen molar-refractivity contribution in [1.82, 2.24) is 19.5 Å². The van der Waals surface area contributed by atoms with E-state index in [0.717, 1.165) is 24.3 Å². The lowest BCUT2D eigenvalue weighted by Gasteiger charge is -2.31. The molecule has 196 valence electrons. The summed E-state index contributed by atoms with van der Waals surface area (Å²) in [5.74, 6) is -4.48. The van der Waals surface area contributed by atoms with E-state index in [1.165, 1.54) is 6.07 Å². The summed E-state index contributed by atoms with van der Waals surface area (Å²) in [7, 11) is -3.73. The number of phenols is 1. The molecule has 11 nitrogen and oxygen atoms in total. The molecule has 0 atom stereocenters. The van der Waals surface area contributed by atoms with Gasteiger partial charge in [-0.25, -0.2) is 26.7 Å². The normalized spacial score (nSPS) is 17.9. The van der Waals surface area contributed by atoms with Crippen molar-refractivity contribution in [1.29, 1.82) is 0 Å². The number of benzene rings is 2. The highest BCUT2D eigenvalue weighted by molar-refractivity contribution is 7.89. The van der Waals surface area contributed by atoms with Gasteiger partial charge in [0, 0.05) is 12.1 Å². The number of aromatic hydroxyl groups is 1. The zero-order valence-corrected chi connectivity index (χ0v) is 21.0. The predicted octanol–water partition coefficient (Wildman–Crippen LogP) is 1.21. The molecule has 1 aliphatic rings. The minimum Gasteiger partial charge on any atom is -0.507 e. The first kappa shape index (κ1) is 27.1. The van der Waals surface area contributed by atoms with Gasteiger partial charge in [-0.3, -0.25) is 9.78 Å². The lowest BCUT2D eigenvalue weighted by Crippen LogP contribution is -2.46. The third-order valence-electron chi connectivity index (χ3n) is 5.35. The molecular weight excluding hydrogens is 560 g/mol. The van der Waals surface area contributed by atoms with Gasteiger partial charge in [0.25, 0.3) is 11.4 Å². The molecule has 37 heavy (non-hydrogen) atoms. The molecule has 4 N–H and O–H groups in total. The number of rotatable bonds is 7. The summed E-state index contributed by atoms with van der Waals surface area (Å²) in [5.41, 5.74) is -3.86. The Bertz CT molecular complexity index is 1580. The second-order valence-electron chi connectivity index (χ2n) is 8.32. The Morgan fingerprint density at radius 2 is 1.81 bits per heavy atom. The van der Waals surface area contributed by atoms with Gasteiger partial charge in [0.05, 0.1) is 21.8 Å². The number of nitrogens with zero attached hydrogens (tertiary/aromatic N) is 2. The van der Waals surface area contributed by atoms with Gasteiger partial charge < -0.3 is 14.9 Å². The third-order valence-corrected chi connectivity index (χ3v) is 7.46. The number of ether oxygens (including phenoxy) is 1. The predicted molar refractivity (Wildman–Crippen MR) is 130 cm³/mol.